The van der Waals surface area contributed by atoms with Crippen LogP contribution in [0.5, 0.6) is 5.75 Å². The van der Waals surface area contributed by atoms with Gasteiger partial charge in [-0.15, -0.1) is 0 Å². The zero-order valence-electron chi connectivity index (χ0n) is 24.7. The molecule has 0 saturated carbocycles. The largest absolute Gasteiger partial charge is 0.496 e. The molecule has 10 heteroatoms. The molecule has 41 heavy (non-hydrogen) atoms. The minimum atomic E-state index is 0.0252. The van der Waals surface area contributed by atoms with Crippen molar-refractivity contribution in [2.75, 3.05) is 66.5 Å². The van der Waals surface area contributed by atoms with Gasteiger partial charge >= 0.3 is 0 Å². The number of nitrogens with one attached hydrogen (secondary N) is 1. The number of nitrogens with two attached hydrogens (primary N) is 1. The molecule has 0 radical (unpaired) electrons. The molecule has 1 aromatic carbocycles. The Morgan fingerprint density at radius 1 is 0.976 bits per heavy atom. The summed E-state index contributed by atoms with van der Waals surface area (Å²) < 4.78 is 29.9. The van der Waals surface area contributed by atoms with Crippen molar-refractivity contribution in [3.05, 3.63) is 52.2 Å². The highest BCUT2D eigenvalue weighted by molar-refractivity contribution is 5.84. The Kier molecular flexibility index (Phi) is 15.3. The van der Waals surface area contributed by atoms with E-state index in [0.717, 1.165) is 53.9 Å². The van der Waals surface area contributed by atoms with Gasteiger partial charge < -0.3 is 44.4 Å². The maximum Gasteiger partial charge on any atom is 0.152 e. The van der Waals surface area contributed by atoms with E-state index in [0.29, 0.717) is 65.2 Å². The number of ether oxygens (including phenoxy) is 5. The normalized spacial score (nSPS) is 16.7. The molecule has 0 saturated heterocycles. The van der Waals surface area contributed by atoms with Crippen molar-refractivity contribution >= 4 is 17.7 Å². The first-order chi connectivity index (χ1) is 20.2. The van der Waals surface area contributed by atoms with Gasteiger partial charge in [0.15, 0.2) is 5.82 Å². The first-order valence-corrected chi connectivity index (χ1v) is 14.7. The fraction of sp³-hybridized carbons (Fsp3) is 0.581. The van der Waals surface area contributed by atoms with E-state index >= 15 is 0 Å². The van der Waals surface area contributed by atoms with Gasteiger partial charge in [-0.05, 0) is 35.8 Å². The summed E-state index contributed by atoms with van der Waals surface area (Å²) in [7, 11) is 1.70. The number of methoxy groups -OCH3 is 1. The van der Waals surface area contributed by atoms with Gasteiger partial charge in [-0.1, -0.05) is 38.0 Å². The number of hydrogen-bond donors (Lipinski definition) is 3. The third-order valence-electron chi connectivity index (χ3n) is 6.62. The molecular formula is C31H48N4O6. The molecule has 4 N–H and O–H groups in total. The van der Waals surface area contributed by atoms with Gasteiger partial charge in [0.05, 0.1) is 78.5 Å². The van der Waals surface area contributed by atoms with Gasteiger partial charge in [0.2, 0.25) is 0 Å². The molecule has 10 nitrogen and oxygen atoms in total. The van der Waals surface area contributed by atoms with Crippen molar-refractivity contribution in [2.45, 2.75) is 52.2 Å². The Bertz CT molecular complexity index is 1180. The van der Waals surface area contributed by atoms with Crippen molar-refractivity contribution in [2.24, 2.45) is 10.7 Å². The number of aliphatic hydroxyl groups is 1. The molecule has 0 spiro atoms. The van der Waals surface area contributed by atoms with Gasteiger partial charge in [-0.2, -0.15) is 0 Å². The number of aromatic nitrogens is 1. The summed E-state index contributed by atoms with van der Waals surface area (Å²) in [5, 5.41) is 14.4. The second-order valence-electron chi connectivity index (χ2n) is 9.84. The average molecular weight is 573 g/mol. The first kappa shape index (κ1) is 32.6. The van der Waals surface area contributed by atoms with Gasteiger partial charge in [0.1, 0.15) is 11.6 Å². The van der Waals surface area contributed by atoms with Crippen LogP contribution >= 0.6 is 0 Å². The van der Waals surface area contributed by atoms with E-state index in [1.54, 1.807) is 7.11 Å². The maximum absolute atomic E-state index is 8.65. The molecule has 1 aliphatic heterocycles. The van der Waals surface area contributed by atoms with Crippen LogP contribution in [0.1, 0.15) is 50.2 Å². The molecule has 0 aliphatic carbocycles. The van der Waals surface area contributed by atoms with Crippen molar-refractivity contribution in [1.82, 2.24) is 9.88 Å². The Hall–Kier alpha value is -2.89. The van der Waals surface area contributed by atoms with E-state index in [9.17, 15) is 0 Å². The highest BCUT2D eigenvalue weighted by atomic mass is 16.6. The molecule has 1 aliphatic rings. The number of unbranched alkanes of at least 4 members (excludes halogenated alkanes) is 2. The summed E-state index contributed by atoms with van der Waals surface area (Å²) in [4.78, 5) is 4.77. The molecule has 2 aromatic rings. The smallest absolute Gasteiger partial charge is 0.152 e. The van der Waals surface area contributed by atoms with Gasteiger partial charge in [0.25, 0.3) is 0 Å². The van der Waals surface area contributed by atoms with Gasteiger partial charge in [0, 0.05) is 24.7 Å². The molecule has 228 valence electrons. The summed E-state index contributed by atoms with van der Waals surface area (Å²) in [6, 6.07) is 8.36. The SMILES string of the molecule is CCCCCNC1=c2/c(ccn2Cc2ccc(COCCOCCOCCOCCO)cc2OC)=C\CC/C(N)=N\1. The fourth-order valence-corrected chi connectivity index (χ4v) is 4.50. The number of nitrogens with zero attached hydrogens (tertiary/aromatic N) is 2. The maximum atomic E-state index is 8.65. The Morgan fingerprint density at radius 2 is 1.71 bits per heavy atom. The Balaban J connectivity index is 1.55. The van der Waals surface area contributed by atoms with Crippen LogP contribution in [0.3, 0.4) is 0 Å². The molecule has 0 unspecified atom stereocenters. The van der Waals surface area contributed by atoms with E-state index in [1.807, 2.05) is 6.07 Å². The Labute approximate surface area is 243 Å². The number of aliphatic imine (C=N–C) groups is 1. The lowest BCUT2D eigenvalue weighted by molar-refractivity contribution is -0.00744. The lowest BCUT2D eigenvalue weighted by Crippen LogP contribution is -2.37. The van der Waals surface area contributed by atoms with Crippen molar-refractivity contribution in [1.29, 1.82) is 0 Å². The highest BCUT2D eigenvalue weighted by Crippen LogP contribution is 2.21. The second-order valence-corrected chi connectivity index (χ2v) is 9.84. The molecule has 0 amide bonds. The van der Waals surface area contributed by atoms with Crippen LogP contribution in [0.25, 0.3) is 11.9 Å². The lowest BCUT2D eigenvalue weighted by atomic mass is 10.1. The van der Waals surface area contributed by atoms with Gasteiger partial charge in [-0.3, -0.25) is 0 Å². The third kappa shape index (κ3) is 11.5. The van der Waals surface area contributed by atoms with E-state index < -0.39 is 0 Å². The third-order valence-corrected chi connectivity index (χ3v) is 6.62. The van der Waals surface area contributed by atoms with Crippen LogP contribution in [0.2, 0.25) is 0 Å². The summed E-state index contributed by atoms with van der Waals surface area (Å²) in [5.41, 5.74) is 8.33. The van der Waals surface area contributed by atoms with Crippen LogP contribution in [0.4, 0.5) is 0 Å². The topological polar surface area (TPSA) is 122 Å². The van der Waals surface area contributed by atoms with Gasteiger partial charge in [-0.25, -0.2) is 4.99 Å². The van der Waals surface area contributed by atoms with E-state index in [1.165, 1.54) is 18.1 Å². The average Bonchev–Trinajstić information content (AvgIpc) is 3.36. The minimum absolute atomic E-state index is 0.0252. The summed E-state index contributed by atoms with van der Waals surface area (Å²) in [6.07, 6.45) is 9.42. The predicted octanol–water partition coefficient (Wildman–Crippen LogP) is 1.88. The summed E-state index contributed by atoms with van der Waals surface area (Å²) in [6.45, 7) is 7.48. The van der Waals surface area contributed by atoms with Crippen LogP contribution in [-0.4, -0.2) is 82.0 Å². The van der Waals surface area contributed by atoms with Crippen molar-refractivity contribution < 1.29 is 28.8 Å². The molecule has 3 rings (SSSR count). The summed E-state index contributed by atoms with van der Waals surface area (Å²) in [5.74, 6) is 2.30. The van der Waals surface area contributed by atoms with Crippen molar-refractivity contribution in [3.8, 4) is 5.75 Å². The Morgan fingerprint density at radius 3 is 2.41 bits per heavy atom. The number of fused-ring (bicyclic) bond motifs is 1. The molecule has 0 fully saturated rings. The molecule has 1 aromatic heterocycles. The fourth-order valence-electron chi connectivity index (χ4n) is 4.50. The van der Waals surface area contributed by atoms with E-state index in [2.05, 4.69) is 47.3 Å². The monoisotopic (exact) mass is 572 g/mol. The van der Waals surface area contributed by atoms with E-state index in [-0.39, 0.29) is 6.61 Å². The van der Waals surface area contributed by atoms with Crippen LogP contribution in [-0.2, 0) is 32.1 Å². The van der Waals surface area contributed by atoms with Crippen LogP contribution in [0, 0.1) is 0 Å². The number of hydrogen-bond acceptors (Lipinski definition) is 9. The molecular weight excluding hydrogens is 524 g/mol. The molecule has 2 heterocycles. The van der Waals surface area contributed by atoms with Crippen LogP contribution in [0.15, 0.2) is 35.5 Å². The van der Waals surface area contributed by atoms with Crippen molar-refractivity contribution in [3.63, 3.8) is 0 Å². The molecule has 0 bridgehead atoms. The summed E-state index contributed by atoms with van der Waals surface area (Å²) >= 11 is 0. The number of rotatable bonds is 21. The van der Waals surface area contributed by atoms with E-state index in [4.69, 9.17) is 39.5 Å². The lowest BCUT2D eigenvalue weighted by Gasteiger charge is -2.14. The number of aliphatic hydroxyl groups excluding tert-OH is 1. The number of benzene rings is 1. The zero-order chi connectivity index (χ0) is 29.1. The minimum Gasteiger partial charge on any atom is -0.496 e. The highest BCUT2D eigenvalue weighted by Gasteiger charge is 2.11. The first-order valence-electron chi connectivity index (χ1n) is 14.7. The standard InChI is InChI=1S/C31H48N4O6/c1-3-4-5-12-33-31-30-26(7-6-8-29(32)34-31)11-13-35(30)23-27-10-9-25(22-28(27)37-2)24-41-21-20-40-19-18-39-17-16-38-15-14-36/h7,9-11,13,22,33,36H,3-6,8,12,14-21,23-24H2,1-2H3,(H2,32,34)/b26-7-,31-30+. The molecule has 0 atom stereocenters. The quantitative estimate of drug-likeness (QED) is 0.194. The number of amidine groups is 1. The predicted molar refractivity (Wildman–Crippen MR) is 161 cm³/mol. The van der Waals surface area contributed by atoms with Crippen LogP contribution < -0.4 is 26.4 Å². The zero-order valence-corrected chi connectivity index (χ0v) is 24.7. The second kappa shape index (κ2) is 19.3.